The molecular formula is C10H11ClO7. The molecule has 2 heterocycles. The Balaban J connectivity index is 0.000000180. The first-order valence-corrected chi connectivity index (χ1v) is 5.37. The van der Waals surface area contributed by atoms with Crippen molar-refractivity contribution in [1.29, 1.82) is 0 Å². The summed E-state index contributed by atoms with van der Waals surface area (Å²) in [6.07, 6.45) is 0. The van der Waals surface area contributed by atoms with E-state index in [1.807, 2.05) is 0 Å². The molecular weight excluding hydrogens is 268 g/mol. The average molecular weight is 279 g/mol. The molecule has 100 valence electrons. The third-order valence-electron chi connectivity index (χ3n) is 1.94. The van der Waals surface area contributed by atoms with Crippen molar-refractivity contribution in [3.8, 4) is 0 Å². The lowest BCUT2D eigenvalue weighted by Crippen LogP contribution is -1.86. The van der Waals surface area contributed by atoms with Gasteiger partial charge in [-0.25, -0.2) is 9.59 Å². The van der Waals surface area contributed by atoms with E-state index in [4.69, 9.17) is 16.7 Å². The summed E-state index contributed by atoms with van der Waals surface area (Å²) < 4.78 is 17.8. The zero-order chi connectivity index (χ0) is 13.7. The van der Waals surface area contributed by atoms with Crippen molar-refractivity contribution >= 4 is 11.6 Å². The molecule has 0 fully saturated rings. The minimum Gasteiger partial charge on any atom is -0.396 e. The number of aliphatic hydroxyl groups is 1. The molecule has 0 saturated carbocycles. The second-order valence-corrected chi connectivity index (χ2v) is 3.43. The second-order valence-electron chi connectivity index (χ2n) is 3.16. The first-order chi connectivity index (χ1) is 8.47. The summed E-state index contributed by atoms with van der Waals surface area (Å²) in [6, 6.07) is 0. The molecule has 0 aliphatic carbocycles. The molecule has 0 unspecified atom stereocenters. The van der Waals surface area contributed by atoms with Gasteiger partial charge in [-0.05, 0) is 13.8 Å². The van der Waals surface area contributed by atoms with Crippen LogP contribution in [0.4, 0.5) is 0 Å². The molecule has 0 saturated heterocycles. The lowest BCUT2D eigenvalue weighted by molar-refractivity contribution is 0.241. The van der Waals surface area contributed by atoms with Crippen LogP contribution in [-0.2, 0) is 12.5 Å². The van der Waals surface area contributed by atoms with Crippen molar-refractivity contribution < 1.29 is 22.8 Å². The van der Waals surface area contributed by atoms with Crippen LogP contribution in [0, 0.1) is 13.8 Å². The fourth-order valence-electron chi connectivity index (χ4n) is 1.02. The third-order valence-corrected chi connectivity index (χ3v) is 2.18. The van der Waals surface area contributed by atoms with E-state index < -0.39 is 11.6 Å². The van der Waals surface area contributed by atoms with Crippen LogP contribution in [0.2, 0.25) is 0 Å². The summed E-state index contributed by atoms with van der Waals surface area (Å²) in [5.41, 5.74) is 0. The number of halogens is 1. The fraction of sp³-hybridized carbons (Fsp3) is 0.400. The quantitative estimate of drug-likeness (QED) is 0.825. The molecule has 8 heteroatoms. The summed E-state index contributed by atoms with van der Waals surface area (Å²) >= 11 is 5.35. The lowest BCUT2D eigenvalue weighted by atomic mass is 10.4. The van der Waals surface area contributed by atoms with Crippen molar-refractivity contribution in [1.82, 2.24) is 0 Å². The predicted octanol–water partition coefficient (Wildman–Crippen LogP) is 1.31. The lowest BCUT2D eigenvalue weighted by Gasteiger charge is -1.82. The van der Waals surface area contributed by atoms with Crippen LogP contribution in [0.25, 0.3) is 0 Å². The van der Waals surface area contributed by atoms with Crippen LogP contribution in [0.1, 0.15) is 23.0 Å². The third kappa shape index (κ3) is 3.64. The Morgan fingerprint density at radius 3 is 1.56 bits per heavy atom. The van der Waals surface area contributed by atoms with Gasteiger partial charge in [0.2, 0.25) is 0 Å². The van der Waals surface area contributed by atoms with E-state index in [1.54, 1.807) is 13.8 Å². The van der Waals surface area contributed by atoms with Gasteiger partial charge in [-0.2, -0.15) is 0 Å². The molecule has 0 amide bonds. The summed E-state index contributed by atoms with van der Waals surface area (Å²) in [7, 11) is 0. The maximum atomic E-state index is 10.3. The molecule has 2 aromatic heterocycles. The fourth-order valence-corrected chi connectivity index (χ4v) is 1.26. The number of aliphatic hydroxyl groups excluding tert-OH is 1. The van der Waals surface area contributed by atoms with Gasteiger partial charge in [0, 0.05) is 0 Å². The van der Waals surface area contributed by atoms with Gasteiger partial charge in [0.05, 0.1) is 5.88 Å². The molecule has 1 N–H and O–H groups in total. The van der Waals surface area contributed by atoms with Crippen LogP contribution in [0.5, 0.6) is 0 Å². The summed E-state index contributed by atoms with van der Waals surface area (Å²) in [4.78, 5) is 20.5. The highest BCUT2D eigenvalue weighted by Gasteiger charge is 2.05. The molecule has 2 rings (SSSR count). The van der Waals surface area contributed by atoms with Gasteiger partial charge >= 0.3 is 11.6 Å². The number of rotatable bonds is 2. The molecule has 0 spiro atoms. The number of alkyl halides is 1. The Kier molecular flexibility index (Phi) is 4.99. The van der Waals surface area contributed by atoms with E-state index in [0.717, 1.165) is 0 Å². The van der Waals surface area contributed by atoms with Gasteiger partial charge < -0.3 is 22.8 Å². The van der Waals surface area contributed by atoms with E-state index in [9.17, 15) is 9.59 Å². The minimum atomic E-state index is -0.767. The largest absolute Gasteiger partial charge is 0.519 e. The van der Waals surface area contributed by atoms with Gasteiger partial charge in [-0.1, -0.05) is 0 Å². The molecule has 18 heavy (non-hydrogen) atoms. The first kappa shape index (κ1) is 14.3. The monoisotopic (exact) mass is 278 g/mol. The molecule has 0 aromatic carbocycles. The smallest absolute Gasteiger partial charge is 0.396 e. The van der Waals surface area contributed by atoms with Gasteiger partial charge in [0.1, 0.15) is 18.1 Å². The van der Waals surface area contributed by atoms with Crippen molar-refractivity contribution in [2.75, 3.05) is 0 Å². The number of hydrogen-bond donors (Lipinski definition) is 1. The van der Waals surface area contributed by atoms with Crippen LogP contribution < -0.4 is 11.6 Å². The SMILES string of the molecule is Cc1oc(=O)oc1CCl.Cc1oc(=O)oc1CO. The number of aryl methyl sites for hydroxylation is 2. The Bertz CT molecular complexity index is 546. The van der Waals surface area contributed by atoms with E-state index in [-0.39, 0.29) is 18.2 Å². The molecule has 0 bridgehead atoms. The van der Waals surface area contributed by atoms with Gasteiger partial charge in [-0.15, -0.1) is 11.6 Å². The minimum absolute atomic E-state index is 0.178. The molecule has 0 aliphatic heterocycles. The zero-order valence-corrected chi connectivity index (χ0v) is 10.4. The van der Waals surface area contributed by atoms with Crippen LogP contribution in [-0.4, -0.2) is 5.11 Å². The second kappa shape index (κ2) is 6.27. The highest BCUT2D eigenvalue weighted by Crippen LogP contribution is 2.06. The molecule has 0 aliphatic rings. The van der Waals surface area contributed by atoms with E-state index >= 15 is 0 Å². The van der Waals surface area contributed by atoms with Gasteiger partial charge in [0.15, 0.2) is 11.5 Å². The van der Waals surface area contributed by atoms with Crippen molar-refractivity contribution in [2.45, 2.75) is 26.3 Å². The maximum Gasteiger partial charge on any atom is 0.519 e. The molecule has 0 radical (unpaired) electrons. The van der Waals surface area contributed by atoms with E-state index in [0.29, 0.717) is 17.3 Å². The van der Waals surface area contributed by atoms with Crippen molar-refractivity contribution in [2.24, 2.45) is 0 Å². The molecule has 2 aromatic rings. The standard InChI is InChI=1S/C5H5ClO3.C5H6O4/c2*1-3-4(2-6)9-5(7)8-3/h2H2,1H3;6H,2H2,1H3. The van der Waals surface area contributed by atoms with E-state index in [2.05, 4.69) is 17.7 Å². The topological polar surface area (TPSA) is 107 Å². The highest BCUT2D eigenvalue weighted by atomic mass is 35.5. The normalized spacial score (nSPS) is 10.0. The van der Waals surface area contributed by atoms with Crippen LogP contribution in [0.3, 0.4) is 0 Å². The Hall–Kier alpha value is -1.73. The highest BCUT2D eigenvalue weighted by molar-refractivity contribution is 6.16. The van der Waals surface area contributed by atoms with Crippen LogP contribution >= 0.6 is 11.6 Å². The van der Waals surface area contributed by atoms with E-state index in [1.165, 1.54) is 0 Å². The Morgan fingerprint density at radius 2 is 1.39 bits per heavy atom. The Morgan fingerprint density at radius 1 is 0.944 bits per heavy atom. The van der Waals surface area contributed by atoms with Gasteiger partial charge in [0.25, 0.3) is 0 Å². The summed E-state index contributed by atoms with van der Waals surface area (Å²) in [5.74, 6) is 0.108. The summed E-state index contributed by atoms with van der Waals surface area (Å²) in [6.45, 7) is 2.89. The van der Waals surface area contributed by atoms with Crippen molar-refractivity contribution in [3.05, 3.63) is 44.3 Å². The van der Waals surface area contributed by atoms with Crippen LogP contribution in [0.15, 0.2) is 27.3 Å². The predicted molar refractivity (Wildman–Crippen MR) is 59.4 cm³/mol. The van der Waals surface area contributed by atoms with Gasteiger partial charge in [-0.3, -0.25) is 0 Å². The summed E-state index contributed by atoms with van der Waals surface area (Å²) in [5, 5.41) is 8.44. The number of hydrogen-bond acceptors (Lipinski definition) is 7. The molecule has 0 atom stereocenters. The molecule has 7 nitrogen and oxygen atoms in total. The first-order valence-electron chi connectivity index (χ1n) is 4.83. The Labute approximate surface area is 106 Å². The zero-order valence-electron chi connectivity index (χ0n) is 9.69. The maximum absolute atomic E-state index is 10.3. The average Bonchev–Trinajstić information content (AvgIpc) is 2.81. The van der Waals surface area contributed by atoms with Crippen molar-refractivity contribution in [3.63, 3.8) is 0 Å².